The molecule has 180 valence electrons. The molecule has 1 unspecified atom stereocenters. The fourth-order valence-corrected chi connectivity index (χ4v) is 5.47. The lowest BCUT2D eigenvalue weighted by molar-refractivity contribution is 0.240. The van der Waals surface area contributed by atoms with Crippen molar-refractivity contribution in [2.45, 2.75) is 105 Å². The summed E-state index contributed by atoms with van der Waals surface area (Å²) >= 11 is 0. The van der Waals surface area contributed by atoms with Gasteiger partial charge in [0.2, 0.25) is 0 Å². The smallest absolute Gasteiger partial charge is 0.123 e. The van der Waals surface area contributed by atoms with Gasteiger partial charge in [-0.25, -0.2) is 0 Å². The van der Waals surface area contributed by atoms with Crippen molar-refractivity contribution in [2.24, 2.45) is 5.41 Å². The van der Waals surface area contributed by atoms with Gasteiger partial charge in [-0.3, -0.25) is 0 Å². The van der Waals surface area contributed by atoms with E-state index in [1.165, 1.54) is 5.57 Å². The normalized spacial score (nSPS) is 19.7. The summed E-state index contributed by atoms with van der Waals surface area (Å²) in [5.41, 5.74) is 7.08. The van der Waals surface area contributed by atoms with Gasteiger partial charge in [0.15, 0.2) is 0 Å². The molecule has 0 amide bonds. The standard InChI is InChI=1S/C31H44O2/c1-19-11-13-31(10,14-12-19)26(22-15-20(2)17-24(27(22)32)29(4,5)6)23-16-21(3)18-25(28(23)33)30(7,8)9/h11,15-18,26,32-33H,12-14H2,1-10H3. The molecular formula is C31H44O2. The highest BCUT2D eigenvalue weighted by atomic mass is 16.3. The number of aromatic hydroxyl groups is 2. The van der Waals surface area contributed by atoms with E-state index in [1.807, 2.05) is 0 Å². The van der Waals surface area contributed by atoms with E-state index >= 15 is 0 Å². The summed E-state index contributed by atoms with van der Waals surface area (Å²) < 4.78 is 0. The first kappa shape index (κ1) is 25.4. The Morgan fingerprint density at radius 2 is 1.18 bits per heavy atom. The van der Waals surface area contributed by atoms with Crippen molar-refractivity contribution in [1.29, 1.82) is 0 Å². The van der Waals surface area contributed by atoms with Crippen molar-refractivity contribution in [1.82, 2.24) is 0 Å². The van der Waals surface area contributed by atoms with Crippen LogP contribution >= 0.6 is 0 Å². The number of phenolic OH excluding ortho intramolecular Hbond substituents is 2. The van der Waals surface area contributed by atoms with Gasteiger partial charge in [-0.2, -0.15) is 0 Å². The molecule has 0 heterocycles. The molecule has 0 fully saturated rings. The lowest BCUT2D eigenvalue weighted by Gasteiger charge is -2.42. The Morgan fingerprint density at radius 1 is 0.758 bits per heavy atom. The molecular weight excluding hydrogens is 404 g/mol. The van der Waals surface area contributed by atoms with Crippen LogP contribution in [0.25, 0.3) is 0 Å². The predicted molar refractivity (Wildman–Crippen MR) is 141 cm³/mol. The van der Waals surface area contributed by atoms with Gasteiger partial charge in [-0.05, 0) is 67.4 Å². The van der Waals surface area contributed by atoms with Crippen molar-refractivity contribution >= 4 is 0 Å². The third kappa shape index (κ3) is 5.00. The first-order chi connectivity index (χ1) is 15.0. The van der Waals surface area contributed by atoms with Gasteiger partial charge in [0.05, 0.1) is 0 Å². The van der Waals surface area contributed by atoms with Gasteiger partial charge >= 0.3 is 0 Å². The Hall–Kier alpha value is -2.22. The predicted octanol–water partition coefficient (Wildman–Crippen LogP) is 8.58. The van der Waals surface area contributed by atoms with Crippen molar-refractivity contribution < 1.29 is 10.2 Å². The number of phenols is 2. The van der Waals surface area contributed by atoms with Crippen LogP contribution in [-0.2, 0) is 10.8 Å². The van der Waals surface area contributed by atoms with E-state index in [0.29, 0.717) is 11.5 Å². The maximum atomic E-state index is 11.7. The first-order valence-electron chi connectivity index (χ1n) is 12.4. The second-order valence-electron chi connectivity index (χ2n) is 12.8. The summed E-state index contributed by atoms with van der Waals surface area (Å²) in [7, 11) is 0. The van der Waals surface area contributed by atoms with E-state index in [0.717, 1.165) is 52.6 Å². The Bertz CT molecular complexity index is 1010. The summed E-state index contributed by atoms with van der Waals surface area (Å²) in [6.45, 7) is 21.7. The summed E-state index contributed by atoms with van der Waals surface area (Å²) in [5.74, 6) is 0.650. The van der Waals surface area contributed by atoms with Crippen molar-refractivity contribution in [3.05, 3.63) is 69.3 Å². The van der Waals surface area contributed by atoms with E-state index in [2.05, 4.69) is 99.6 Å². The number of hydrogen-bond acceptors (Lipinski definition) is 2. The molecule has 1 atom stereocenters. The third-order valence-corrected chi connectivity index (χ3v) is 7.51. The van der Waals surface area contributed by atoms with Crippen LogP contribution in [0.15, 0.2) is 35.9 Å². The van der Waals surface area contributed by atoms with E-state index in [9.17, 15) is 10.2 Å². The van der Waals surface area contributed by atoms with E-state index in [1.54, 1.807) is 0 Å². The van der Waals surface area contributed by atoms with Gasteiger partial charge in [0.25, 0.3) is 0 Å². The van der Waals surface area contributed by atoms with Crippen molar-refractivity contribution in [3.8, 4) is 11.5 Å². The molecule has 0 spiro atoms. The lowest BCUT2D eigenvalue weighted by Crippen LogP contribution is -2.30. The molecule has 1 aliphatic rings. The highest BCUT2D eigenvalue weighted by Crippen LogP contribution is 2.55. The molecule has 0 aromatic heterocycles. The number of allylic oxidation sites excluding steroid dienone is 2. The molecule has 0 saturated carbocycles. The lowest BCUT2D eigenvalue weighted by atomic mass is 9.62. The SMILES string of the molecule is CC1=CCC(C)(C(c2cc(C)cc(C(C)(C)C)c2O)c2cc(C)cc(C(C)(C)C)c2O)CC1. The number of hydrogen-bond donors (Lipinski definition) is 2. The molecule has 1 aliphatic carbocycles. The second kappa shape index (κ2) is 8.53. The Labute approximate surface area is 201 Å². The minimum Gasteiger partial charge on any atom is -0.507 e. The minimum atomic E-state index is -0.176. The zero-order valence-corrected chi connectivity index (χ0v) is 22.5. The van der Waals surface area contributed by atoms with Crippen LogP contribution in [0.4, 0.5) is 0 Å². The topological polar surface area (TPSA) is 40.5 Å². The van der Waals surface area contributed by atoms with Gasteiger partial charge in [-0.15, -0.1) is 0 Å². The molecule has 0 saturated heterocycles. The molecule has 33 heavy (non-hydrogen) atoms. The summed E-state index contributed by atoms with van der Waals surface area (Å²) in [6, 6.07) is 8.51. The van der Waals surface area contributed by atoms with Crippen molar-refractivity contribution in [2.75, 3.05) is 0 Å². The van der Waals surface area contributed by atoms with Crippen molar-refractivity contribution in [3.63, 3.8) is 0 Å². The highest BCUT2D eigenvalue weighted by Gasteiger charge is 2.41. The highest BCUT2D eigenvalue weighted by molar-refractivity contribution is 5.57. The van der Waals surface area contributed by atoms with Crippen LogP contribution < -0.4 is 0 Å². The Morgan fingerprint density at radius 3 is 1.52 bits per heavy atom. The molecule has 2 aromatic carbocycles. The second-order valence-corrected chi connectivity index (χ2v) is 12.8. The number of rotatable bonds is 3. The van der Waals surface area contributed by atoms with Crippen LogP contribution in [0.1, 0.15) is 114 Å². The molecule has 2 N–H and O–H groups in total. The van der Waals surface area contributed by atoms with Gasteiger partial charge in [-0.1, -0.05) is 95.5 Å². The zero-order chi connectivity index (χ0) is 24.9. The number of aryl methyl sites for hydroxylation is 2. The van der Waals surface area contributed by atoms with Gasteiger partial charge in [0.1, 0.15) is 11.5 Å². The molecule has 2 heteroatoms. The van der Waals surface area contributed by atoms with Crippen LogP contribution in [0, 0.1) is 19.3 Å². The largest absolute Gasteiger partial charge is 0.507 e. The molecule has 2 nitrogen and oxygen atoms in total. The molecule has 3 rings (SSSR count). The fourth-order valence-electron chi connectivity index (χ4n) is 5.47. The van der Waals surface area contributed by atoms with E-state index in [-0.39, 0.29) is 22.2 Å². The summed E-state index contributed by atoms with van der Waals surface area (Å²) in [4.78, 5) is 0. The van der Waals surface area contributed by atoms with Crippen LogP contribution in [0.5, 0.6) is 11.5 Å². The van der Waals surface area contributed by atoms with Crippen LogP contribution in [0.2, 0.25) is 0 Å². The summed E-state index contributed by atoms with van der Waals surface area (Å²) in [6.07, 6.45) is 5.35. The fraction of sp³-hybridized carbons (Fsp3) is 0.548. The monoisotopic (exact) mass is 448 g/mol. The van der Waals surface area contributed by atoms with E-state index < -0.39 is 0 Å². The molecule has 0 radical (unpaired) electrons. The zero-order valence-electron chi connectivity index (χ0n) is 22.5. The summed E-state index contributed by atoms with van der Waals surface area (Å²) in [5, 5.41) is 23.3. The average Bonchev–Trinajstić information content (AvgIpc) is 2.67. The maximum absolute atomic E-state index is 11.7. The quantitative estimate of drug-likeness (QED) is 0.462. The minimum absolute atomic E-state index is 0.108. The molecule has 2 aromatic rings. The maximum Gasteiger partial charge on any atom is 0.123 e. The van der Waals surface area contributed by atoms with Crippen LogP contribution in [-0.4, -0.2) is 10.2 Å². The Kier molecular flexibility index (Phi) is 6.57. The van der Waals surface area contributed by atoms with Crippen LogP contribution in [0.3, 0.4) is 0 Å². The molecule has 0 bridgehead atoms. The number of benzene rings is 2. The van der Waals surface area contributed by atoms with Gasteiger partial charge < -0.3 is 10.2 Å². The molecule has 0 aliphatic heterocycles. The first-order valence-corrected chi connectivity index (χ1v) is 12.4. The average molecular weight is 449 g/mol. The van der Waals surface area contributed by atoms with Gasteiger partial charge in [0, 0.05) is 17.0 Å². The Balaban J connectivity index is 2.39. The third-order valence-electron chi connectivity index (χ3n) is 7.51. The van der Waals surface area contributed by atoms with E-state index in [4.69, 9.17) is 0 Å².